The number of methoxy groups -OCH3 is 3. The summed E-state index contributed by atoms with van der Waals surface area (Å²) in [5.41, 5.74) is 1.96. The zero-order chi connectivity index (χ0) is 49.5. The lowest BCUT2D eigenvalue weighted by molar-refractivity contribution is 0.0514. The third kappa shape index (κ3) is 11.5. The summed E-state index contributed by atoms with van der Waals surface area (Å²) in [4.78, 5) is 27.8. The molecule has 18 nitrogen and oxygen atoms in total. The number of H-pyrrole nitrogens is 1. The number of esters is 1. The topological polar surface area (TPSA) is 223 Å². The molecule has 0 aliphatic heterocycles. The standard InChI is InChI=1S/C49H53N7O11S2/c1-8-66-47(57)41-28-35-10-9-11-40(44(35)51-41)39-24-25-42(68(59,60)27-26-50-48(58)67-49(2,3)4)45(43(39)46-52-53-54-56(46)31-34-16-22-38(65-7)23-17-34)69(61,62)55(29-32-12-18-36(63-5)19-13-32)30-33-14-20-37(64-6)21-15-33/h9-25,28,51H,8,26-27,29-31H2,1-7H3,(H,50,58). The number of sulfone groups is 1. The van der Waals surface area contributed by atoms with E-state index in [2.05, 4.69) is 25.8 Å². The first-order valence-electron chi connectivity index (χ1n) is 21.8. The lowest BCUT2D eigenvalue weighted by Gasteiger charge is -2.27. The van der Waals surface area contributed by atoms with E-state index in [9.17, 15) is 18.0 Å². The largest absolute Gasteiger partial charge is 0.497 e. The van der Waals surface area contributed by atoms with Gasteiger partial charge in [0.05, 0.1) is 56.2 Å². The molecule has 0 aliphatic rings. The average Bonchev–Trinajstić information content (AvgIpc) is 3.98. The Kier molecular flexibility index (Phi) is 15.0. The lowest BCUT2D eigenvalue weighted by Crippen LogP contribution is -2.35. The number of nitrogens with zero attached hydrogens (tertiary/aromatic N) is 5. The van der Waals surface area contributed by atoms with Gasteiger partial charge in [0.25, 0.3) is 0 Å². The number of ether oxygens (including phenoxy) is 5. The highest BCUT2D eigenvalue weighted by Gasteiger charge is 2.38. The van der Waals surface area contributed by atoms with Gasteiger partial charge in [0.1, 0.15) is 33.4 Å². The maximum absolute atomic E-state index is 16.2. The van der Waals surface area contributed by atoms with Crippen molar-refractivity contribution in [3.05, 3.63) is 132 Å². The summed E-state index contributed by atoms with van der Waals surface area (Å²) in [6, 6.07) is 30.3. The number of sulfonamides is 1. The third-order valence-electron chi connectivity index (χ3n) is 10.8. The Balaban J connectivity index is 1.53. The molecule has 69 heavy (non-hydrogen) atoms. The van der Waals surface area contributed by atoms with Crippen molar-refractivity contribution in [2.24, 2.45) is 0 Å². The van der Waals surface area contributed by atoms with Crippen LogP contribution in [0.4, 0.5) is 4.79 Å². The minimum absolute atomic E-state index is 0.0170. The molecule has 1 amide bonds. The number of tetrazole rings is 1. The van der Waals surface area contributed by atoms with Crippen LogP contribution in [0.2, 0.25) is 0 Å². The molecule has 7 aromatic rings. The van der Waals surface area contributed by atoms with Crippen LogP contribution < -0.4 is 19.5 Å². The van der Waals surface area contributed by atoms with Gasteiger partial charge in [0.2, 0.25) is 10.0 Å². The summed E-state index contributed by atoms with van der Waals surface area (Å²) < 4.78 is 91.8. The first-order chi connectivity index (χ1) is 32.9. The van der Waals surface area contributed by atoms with Gasteiger partial charge in [0.15, 0.2) is 15.7 Å². The summed E-state index contributed by atoms with van der Waals surface area (Å²) in [7, 11) is -5.05. The molecular formula is C49H53N7O11S2. The maximum Gasteiger partial charge on any atom is 0.407 e. The van der Waals surface area contributed by atoms with Crippen molar-refractivity contribution in [3.63, 3.8) is 0 Å². The Morgan fingerprint density at radius 1 is 0.754 bits per heavy atom. The number of amides is 1. The van der Waals surface area contributed by atoms with Crippen LogP contribution >= 0.6 is 0 Å². The Morgan fingerprint density at radius 3 is 1.88 bits per heavy atom. The van der Waals surface area contributed by atoms with Crippen LogP contribution in [0.1, 0.15) is 54.9 Å². The predicted octanol–water partition coefficient (Wildman–Crippen LogP) is 7.43. The summed E-state index contributed by atoms with van der Waals surface area (Å²) in [6.07, 6.45) is -0.856. The normalized spacial score (nSPS) is 11.9. The van der Waals surface area contributed by atoms with Gasteiger partial charge in [-0.2, -0.15) is 4.31 Å². The SMILES string of the molecule is CCOC(=O)c1cc2cccc(-c3ccc(S(=O)(=O)CCNC(=O)OC(C)(C)C)c(S(=O)(=O)N(Cc4ccc(OC)cc4)Cc4ccc(OC)cc4)c3-c3nnnn3Cc3ccc(OC)cc3)c2[nH]1. The second-order valence-electron chi connectivity index (χ2n) is 16.7. The molecule has 0 aliphatic carbocycles. The first kappa shape index (κ1) is 49.6. The molecule has 2 heterocycles. The van der Waals surface area contributed by atoms with E-state index in [4.69, 9.17) is 23.7 Å². The van der Waals surface area contributed by atoms with Gasteiger partial charge in [-0.05, 0) is 109 Å². The molecule has 0 saturated carbocycles. The van der Waals surface area contributed by atoms with Crippen LogP contribution in [0.5, 0.6) is 17.2 Å². The molecule has 362 valence electrons. The van der Waals surface area contributed by atoms with E-state index >= 15 is 8.42 Å². The molecule has 0 saturated heterocycles. The molecule has 0 atom stereocenters. The molecule has 0 fully saturated rings. The molecule has 7 rings (SSSR count). The number of hydrogen-bond donors (Lipinski definition) is 2. The van der Waals surface area contributed by atoms with Gasteiger partial charge in [-0.25, -0.2) is 31.1 Å². The number of hydrogen-bond acceptors (Lipinski definition) is 14. The zero-order valence-corrected chi connectivity index (χ0v) is 40.8. The number of carbonyl (C=O) groups is 2. The summed E-state index contributed by atoms with van der Waals surface area (Å²) >= 11 is 0. The van der Waals surface area contributed by atoms with Gasteiger partial charge < -0.3 is 34.0 Å². The van der Waals surface area contributed by atoms with Gasteiger partial charge in [-0.3, -0.25) is 0 Å². The second-order valence-corrected chi connectivity index (χ2v) is 20.7. The Hall–Kier alpha value is -7.29. The smallest absolute Gasteiger partial charge is 0.407 e. The molecule has 20 heteroatoms. The third-order valence-corrected chi connectivity index (χ3v) is 14.6. The Labute approximate surface area is 400 Å². The van der Waals surface area contributed by atoms with Crippen LogP contribution in [0.15, 0.2) is 119 Å². The van der Waals surface area contributed by atoms with E-state index in [-0.39, 0.29) is 48.9 Å². The molecule has 0 radical (unpaired) electrons. The van der Waals surface area contributed by atoms with Crippen molar-refractivity contribution in [3.8, 4) is 39.8 Å². The van der Waals surface area contributed by atoms with Crippen LogP contribution in [-0.2, 0) is 49.0 Å². The Bertz CT molecular complexity index is 3120. The van der Waals surface area contributed by atoms with Crippen molar-refractivity contribution in [2.45, 2.75) is 62.7 Å². The number of aromatic amines is 1. The number of alkyl carbamates (subject to hydrolysis) is 1. The molecule has 2 aromatic heterocycles. The van der Waals surface area contributed by atoms with Gasteiger partial charge in [0, 0.05) is 30.6 Å². The number of nitrogens with one attached hydrogen (secondary N) is 2. The van der Waals surface area contributed by atoms with E-state index in [1.807, 2.05) is 0 Å². The van der Waals surface area contributed by atoms with Crippen LogP contribution in [0.25, 0.3) is 33.4 Å². The van der Waals surface area contributed by atoms with Gasteiger partial charge >= 0.3 is 12.1 Å². The van der Waals surface area contributed by atoms with E-state index in [1.54, 1.807) is 132 Å². The number of carbonyl (C=O) groups excluding carboxylic acids is 2. The molecule has 0 spiro atoms. The molecular weight excluding hydrogens is 927 g/mol. The maximum atomic E-state index is 16.2. The van der Waals surface area contributed by atoms with Crippen molar-refractivity contribution in [2.75, 3.05) is 40.2 Å². The number of para-hydroxylation sites is 1. The van der Waals surface area contributed by atoms with Crippen molar-refractivity contribution in [1.82, 2.24) is 34.8 Å². The monoisotopic (exact) mass is 979 g/mol. The van der Waals surface area contributed by atoms with Gasteiger partial charge in [-0.1, -0.05) is 60.7 Å². The lowest BCUT2D eigenvalue weighted by atomic mass is 9.97. The predicted molar refractivity (Wildman–Crippen MR) is 257 cm³/mol. The summed E-state index contributed by atoms with van der Waals surface area (Å²) in [6.45, 7) is 5.94. The van der Waals surface area contributed by atoms with Crippen LogP contribution in [0.3, 0.4) is 0 Å². The fourth-order valence-corrected chi connectivity index (χ4v) is 11.2. The highest BCUT2D eigenvalue weighted by Crippen LogP contribution is 2.44. The Morgan fingerprint density at radius 2 is 1.33 bits per heavy atom. The van der Waals surface area contributed by atoms with Crippen LogP contribution in [0, 0.1) is 0 Å². The van der Waals surface area contributed by atoms with E-state index < -0.39 is 59.6 Å². The number of rotatable bonds is 19. The quantitative estimate of drug-likeness (QED) is 0.0753. The van der Waals surface area contributed by atoms with Gasteiger partial charge in [-0.15, -0.1) is 5.10 Å². The summed E-state index contributed by atoms with van der Waals surface area (Å²) in [5, 5.41) is 15.8. The summed E-state index contributed by atoms with van der Waals surface area (Å²) in [5.74, 6) is 0.253. The highest BCUT2D eigenvalue weighted by molar-refractivity contribution is 7.93. The highest BCUT2D eigenvalue weighted by atomic mass is 32.2. The second kappa shape index (κ2) is 20.9. The average molecular weight is 980 g/mol. The molecule has 5 aromatic carbocycles. The minimum Gasteiger partial charge on any atom is -0.497 e. The zero-order valence-electron chi connectivity index (χ0n) is 39.2. The molecule has 0 unspecified atom stereocenters. The molecule has 0 bridgehead atoms. The minimum atomic E-state index is -4.99. The van der Waals surface area contributed by atoms with E-state index in [1.165, 1.54) is 35.3 Å². The number of benzene rings is 5. The van der Waals surface area contributed by atoms with E-state index in [0.717, 1.165) is 0 Å². The van der Waals surface area contributed by atoms with Crippen LogP contribution in [-0.4, -0.2) is 104 Å². The van der Waals surface area contributed by atoms with Crippen molar-refractivity contribution in [1.29, 1.82) is 0 Å². The molecule has 2 N–H and O–H groups in total. The fraction of sp³-hybridized carbons (Fsp3) is 0.286. The first-order valence-corrected chi connectivity index (χ1v) is 24.8. The number of fused-ring (bicyclic) bond motifs is 1. The van der Waals surface area contributed by atoms with E-state index in [0.29, 0.717) is 50.4 Å². The fourth-order valence-electron chi connectivity index (χ4n) is 7.54. The van der Waals surface area contributed by atoms with Crippen molar-refractivity contribution < 1.29 is 50.1 Å². The van der Waals surface area contributed by atoms with Crippen molar-refractivity contribution >= 4 is 42.8 Å². The number of aromatic nitrogens is 5.